The zero-order valence-corrected chi connectivity index (χ0v) is 7.23. The van der Waals surface area contributed by atoms with Gasteiger partial charge >= 0.3 is 0 Å². The van der Waals surface area contributed by atoms with Crippen LogP contribution < -0.4 is 0 Å². The van der Waals surface area contributed by atoms with Gasteiger partial charge in [0.25, 0.3) is 0 Å². The molecule has 0 saturated carbocycles. The molecule has 1 heterocycles. The molecule has 1 aromatic heterocycles. The minimum Gasteiger partial charge on any atom is -0.460 e. The lowest BCUT2D eigenvalue weighted by molar-refractivity contribution is 0.557. The number of allylic oxidation sites excluding steroid dienone is 4. The molecule has 59 valence electrons. The van der Waals surface area contributed by atoms with E-state index in [0.717, 1.165) is 22.4 Å². The molecule has 0 atom stereocenters. The lowest BCUT2D eigenvalue weighted by Gasteiger charge is -2.06. The quantitative estimate of drug-likeness (QED) is 0.609. The molecule has 0 amide bonds. The van der Waals surface area contributed by atoms with E-state index >= 15 is 0 Å². The monoisotopic (exact) mass is 175 g/mol. The zero-order chi connectivity index (χ0) is 8.39. The van der Waals surface area contributed by atoms with E-state index in [2.05, 4.69) is 6.26 Å². The fourth-order valence-corrected chi connectivity index (χ4v) is 1.43. The molecule has 2 rings (SSSR count). The van der Waals surface area contributed by atoms with Gasteiger partial charge in [0.2, 0.25) is 0 Å². The van der Waals surface area contributed by atoms with Crippen molar-refractivity contribution in [1.29, 1.82) is 0 Å². The van der Waals surface area contributed by atoms with Crippen molar-refractivity contribution in [3.63, 3.8) is 0 Å². The number of furan rings is 1. The largest absolute Gasteiger partial charge is 0.460 e. The summed E-state index contributed by atoms with van der Waals surface area (Å²) in [6.45, 7) is 0. The van der Waals surface area contributed by atoms with E-state index in [0.29, 0.717) is 0 Å². The van der Waals surface area contributed by atoms with E-state index in [1.54, 1.807) is 6.26 Å². The minimum atomic E-state index is 0.847. The fraction of sp³-hybridized carbons (Fsp3) is 0.100. The molecule has 0 spiro atoms. The SMILES string of the molecule is S=C1CC=CC=C1c1[c]occ1. The molecule has 0 N–H and O–H groups in total. The first-order chi connectivity index (χ1) is 5.88. The normalized spacial score (nSPS) is 16.3. The van der Waals surface area contributed by atoms with E-state index in [-0.39, 0.29) is 0 Å². The summed E-state index contributed by atoms with van der Waals surface area (Å²) in [5.41, 5.74) is 2.01. The number of hydrogen-bond acceptors (Lipinski definition) is 2. The Hall–Kier alpha value is -1.15. The molecular weight excluding hydrogens is 168 g/mol. The van der Waals surface area contributed by atoms with Crippen LogP contribution in [-0.2, 0) is 0 Å². The van der Waals surface area contributed by atoms with Gasteiger partial charge in [-0.05, 0) is 11.6 Å². The summed E-state index contributed by atoms with van der Waals surface area (Å²) in [6.07, 6.45) is 11.3. The summed E-state index contributed by atoms with van der Waals surface area (Å²) in [7, 11) is 0. The average Bonchev–Trinajstić information content (AvgIpc) is 2.57. The summed E-state index contributed by atoms with van der Waals surface area (Å²) in [4.78, 5) is 0.954. The predicted octanol–water partition coefficient (Wildman–Crippen LogP) is 2.79. The molecule has 1 nitrogen and oxygen atoms in total. The number of rotatable bonds is 1. The molecule has 12 heavy (non-hydrogen) atoms. The Morgan fingerprint density at radius 2 is 2.42 bits per heavy atom. The van der Waals surface area contributed by atoms with Gasteiger partial charge < -0.3 is 4.42 Å². The van der Waals surface area contributed by atoms with Crippen molar-refractivity contribution in [3.05, 3.63) is 42.4 Å². The van der Waals surface area contributed by atoms with Crippen molar-refractivity contribution in [2.24, 2.45) is 0 Å². The molecule has 2 heteroatoms. The van der Waals surface area contributed by atoms with E-state index in [1.807, 2.05) is 24.3 Å². The summed E-state index contributed by atoms with van der Waals surface area (Å²) in [6, 6.07) is 1.87. The minimum absolute atomic E-state index is 0.847. The lowest BCUT2D eigenvalue weighted by Crippen LogP contribution is -1.99. The number of hydrogen-bond donors (Lipinski definition) is 0. The van der Waals surface area contributed by atoms with Crippen molar-refractivity contribution in [3.8, 4) is 0 Å². The van der Waals surface area contributed by atoms with Gasteiger partial charge in [-0.3, -0.25) is 0 Å². The Labute approximate surface area is 76.4 Å². The maximum atomic E-state index is 5.19. The first-order valence-electron chi connectivity index (χ1n) is 3.73. The second-order valence-electron chi connectivity index (χ2n) is 2.57. The molecule has 0 fully saturated rings. The second-order valence-corrected chi connectivity index (χ2v) is 3.06. The van der Waals surface area contributed by atoms with Crippen molar-refractivity contribution in [1.82, 2.24) is 0 Å². The van der Waals surface area contributed by atoms with Gasteiger partial charge in [-0.2, -0.15) is 0 Å². The van der Waals surface area contributed by atoms with Crippen molar-refractivity contribution >= 4 is 22.7 Å². The van der Waals surface area contributed by atoms with E-state index in [9.17, 15) is 0 Å². The Morgan fingerprint density at radius 1 is 1.50 bits per heavy atom. The smallest absolute Gasteiger partial charge is 0.177 e. The first-order valence-corrected chi connectivity index (χ1v) is 4.14. The lowest BCUT2D eigenvalue weighted by atomic mass is 10.00. The molecule has 1 aliphatic rings. The maximum absolute atomic E-state index is 5.19. The van der Waals surface area contributed by atoms with Gasteiger partial charge in [-0.25, -0.2) is 0 Å². The Bertz CT molecular complexity index is 344. The molecule has 1 aromatic rings. The summed E-state index contributed by atoms with van der Waals surface area (Å²) < 4.78 is 4.87. The van der Waals surface area contributed by atoms with Gasteiger partial charge in [0.15, 0.2) is 6.26 Å². The molecule has 1 radical (unpaired) electrons. The third kappa shape index (κ3) is 1.25. The average molecular weight is 175 g/mol. The van der Waals surface area contributed by atoms with Gasteiger partial charge in [0, 0.05) is 16.8 Å². The van der Waals surface area contributed by atoms with Crippen LogP contribution in [0.2, 0.25) is 0 Å². The first kappa shape index (κ1) is 7.50. The van der Waals surface area contributed by atoms with E-state index in [4.69, 9.17) is 16.6 Å². The molecule has 0 saturated heterocycles. The maximum Gasteiger partial charge on any atom is 0.177 e. The van der Waals surface area contributed by atoms with E-state index in [1.165, 1.54) is 0 Å². The van der Waals surface area contributed by atoms with Crippen LogP contribution in [0.15, 0.2) is 35.0 Å². The van der Waals surface area contributed by atoms with Crippen LogP contribution in [0.1, 0.15) is 12.0 Å². The van der Waals surface area contributed by atoms with Crippen LogP contribution in [0.25, 0.3) is 5.57 Å². The number of thiocarbonyl (C=S) groups is 1. The highest BCUT2D eigenvalue weighted by atomic mass is 32.1. The van der Waals surface area contributed by atoms with Crippen molar-refractivity contribution in [2.75, 3.05) is 0 Å². The van der Waals surface area contributed by atoms with E-state index < -0.39 is 0 Å². The highest BCUT2D eigenvalue weighted by molar-refractivity contribution is 7.81. The van der Waals surface area contributed by atoms with Gasteiger partial charge in [-0.15, -0.1) is 0 Å². The molecule has 0 bridgehead atoms. The fourth-order valence-electron chi connectivity index (χ4n) is 1.16. The van der Waals surface area contributed by atoms with Crippen molar-refractivity contribution in [2.45, 2.75) is 6.42 Å². The standard InChI is InChI=1S/C10H7OS/c12-10-4-2-1-3-9(10)8-5-6-11-7-8/h1-3,5-6H,4H2. The zero-order valence-electron chi connectivity index (χ0n) is 6.41. The Morgan fingerprint density at radius 3 is 3.08 bits per heavy atom. The van der Waals surface area contributed by atoms with Crippen LogP contribution in [0, 0.1) is 6.26 Å². The highest BCUT2D eigenvalue weighted by Gasteiger charge is 2.09. The second kappa shape index (κ2) is 3.07. The highest BCUT2D eigenvalue weighted by Crippen LogP contribution is 2.21. The Kier molecular flexibility index (Phi) is 1.92. The summed E-state index contributed by atoms with van der Waals surface area (Å²) >= 11 is 5.19. The third-order valence-electron chi connectivity index (χ3n) is 1.76. The molecular formula is C10H7OS. The van der Waals surface area contributed by atoms with Crippen LogP contribution >= 0.6 is 12.2 Å². The molecule has 0 aromatic carbocycles. The van der Waals surface area contributed by atoms with Gasteiger partial charge in [-0.1, -0.05) is 30.4 Å². The van der Waals surface area contributed by atoms with Crippen LogP contribution in [0.5, 0.6) is 0 Å². The predicted molar refractivity (Wildman–Crippen MR) is 51.9 cm³/mol. The third-order valence-corrected chi connectivity index (χ3v) is 2.15. The van der Waals surface area contributed by atoms with Gasteiger partial charge in [0.05, 0.1) is 6.26 Å². The Balaban J connectivity index is 2.40. The summed E-state index contributed by atoms with van der Waals surface area (Å²) in [5, 5.41) is 0. The molecule has 0 unspecified atom stereocenters. The molecule has 1 aliphatic carbocycles. The van der Waals surface area contributed by atoms with Gasteiger partial charge in [0.1, 0.15) is 0 Å². The topological polar surface area (TPSA) is 13.1 Å². The van der Waals surface area contributed by atoms with Crippen LogP contribution in [0.4, 0.5) is 0 Å². The summed E-state index contributed by atoms with van der Waals surface area (Å²) in [5.74, 6) is 0. The van der Waals surface area contributed by atoms with Crippen LogP contribution in [-0.4, -0.2) is 4.86 Å². The van der Waals surface area contributed by atoms with Crippen LogP contribution in [0.3, 0.4) is 0 Å². The van der Waals surface area contributed by atoms with Crippen molar-refractivity contribution < 1.29 is 4.42 Å². The molecule has 0 aliphatic heterocycles.